The normalized spacial score (nSPS) is 12.5. The van der Waals surface area contributed by atoms with E-state index in [1.165, 1.54) is 81.5 Å². The van der Waals surface area contributed by atoms with Crippen molar-refractivity contribution in [1.29, 1.82) is 0 Å². The summed E-state index contributed by atoms with van der Waals surface area (Å²) in [4.78, 5) is 4.78. The lowest BCUT2D eigenvalue weighted by atomic mass is 9.89. The van der Waals surface area contributed by atoms with E-state index in [4.69, 9.17) is 8.83 Å². The molecule has 0 spiro atoms. The molecule has 0 aliphatic carbocycles. The average Bonchev–Trinajstić information content (AvgIpc) is 1.51. The van der Waals surface area contributed by atoms with Crippen LogP contribution in [-0.2, 0) is 0 Å². The number of furan rings is 2. The van der Waals surface area contributed by atoms with Gasteiger partial charge in [-0.2, -0.15) is 0 Å². The number of fused-ring (bicyclic) bond motifs is 18. The number of rotatable bonds is 9. The zero-order chi connectivity index (χ0) is 59.0. The zero-order valence-corrected chi connectivity index (χ0v) is 50.5. The van der Waals surface area contributed by atoms with Crippen LogP contribution >= 0.6 is 0 Å². The van der Waals surface area contributed by atoms with Crippen molar-refractivity contribution in [1.82, 2.24) is 8.80 Å². The average molecular weight is 1160 g/mol. The topological polar surface area (TPSA) is 41.6 Å². The molecule has 0 radical (unpaired) electrons. The Labute approximate surface area is 513 Å². The lowest BCUT2D eigenvalue weighted by molar-refractivity contribution is 0.666. The minimum atomic E-state index is -1.78. The molecule has 0 unspecified atom stereocenters. The molecule has 6 aromatic heterocycles. The zero-order valence-electron chi connectivity index (χ0n) is 49.5. The van der Waals surface area contributed by atoms with Gasteiger partial charge in [-0.1, -0.05) is 226 Å². The molecule has 420 valence electrons. The van der Waals surface area contributed by atoms with Crippen molar-refractivity contribution in [3.63, 3.8) is 0 Å². The Morgan fingerprint density at radius 2 is 0.685 bits per heavy atom. The van der Waals surface area contributed by atoms with Crippen LogP contribution in [0.3, 0.4) is 0 Å². The maximum Gasteiger partial charge on any atom is 0.159 e. The van der Waals surface area contributed by atoms with Crippen LogP contribution in [0, 0.1) is 6.92 Å². The molecule has 0 fully saturated rings. The van der Waals surface area contributed by atoms with Crippen molar-refractivity contribution >= 4 is 167 Å². The van der Waals surface area contributed by atoms with Crippen LogP contribution in [0.25, 0.3) is 142 Å². The maximum absolute atomic E-state index is 7.20. The molecule has 89 heavy (non-hydrogen) atoms. The number of benzene rings is 13. The second-order valence-electron chi connectivity index (χ2n) is 25.1. The number of anilines is 6. The van der Waals surface area contributed by atoms with E-state index in [1.54, 1.807) is 0 Å². The molecule has 0 amide bonds. The van der Waals surface area contributed by atoms with E-state index < -0.39 is 8.07 Å². The minimum Gasteiger partial charge on any atom is -0.454 e. The first-order valence-electron chi connectivity index (χ1n) is 30.8. The molecule has 0 bridgehead atoms. The lowest BCUT2D eigenvalue weighted by Gasteiger charge is -2.25. The minimum absolute atomic E-state index is 0.859. The third-order valence-electron chi connectivity index (χ3n) is 19.1. The van der Waals surface area contributed by atoms with Gasteiger partial charge in [-0.05, 0) is 89.5 Å². The first-order chi connectivity index (χ1) is 43.8. The maximum atomic E-state index is 7.20. The Morgan fingerprint density at radius 1 is 0.303 bits per heavy atom. The molecule has 0 atom stereocenters. The Hall–Kier alpha value is -11.1. The van der Waals surface area contributed by atoms with Crippen LogP contribution in [0.5, 0.6) is 0 Å². The molecule has 0 N–H and O–H groups in total. The monoisotopic (exact) mass is 1160 g/mol. The fraction of sp³-hybridized carbons (Fsp3) is 0.0488. The van der Waals surface area contributed by atoms with Crippen LogP contribution in [0.1, 0.15) is 5.56 Å². The number of aryl methyl sites for hydroxylation is 1. The summed E-state index contributed by atoms with van der Waals surface area (Å²) >= 11 is 0. The molecule has 0 saturated heterocycles. The van der Waals surface area contributed by atoms with Gasteiger partial charge in [0.05, 0.1) is 52.5 Å². The van der Waals surface area contributed by atoms with Crippen molar-refractivity contribution < 1.29 is 8.83 Å². The summed E-state index contributed by atoms with van der Waals surface area (Å²) in [6.07, 6.45) is 0. The van der Waals surface area contributed by atoms with Gasteiger partial charge in [-0.15, -0.1) is 0 Å². The van der Waals surface area contributed by atoms with Gasteiger partial charge in [-0.3, -0.25) is 0 Å². The molecular formula is C82H56N4O2Si. The van der Waals surface area contributed by atoms with E-state index in [9.17, 15) is 0 Å². The van der Waals surface area contributed by atoms with Gasteiger partial charge < -0.3 is 27.4 Å². The molecule has 19 aromatic rings. The number of nitrogens with zero attached hydrogens (tertiary/aromatic N) is 4. The number of hydrogen-bond donors (Lipinski definition) is 0. The summed E-state index contributed by atoms with van der Waals surface area (Å²) in [5.41, 5.74) is 22.7. The second-order valence-corrected chi connectivity index (χ2v) is 30.2. The SMILES string of the molecule is Cc1cccc2c1oc1c(N(c3ccccc3)c3ccc4c5cccc6c7c(-c8ccccc8)c8c(c(-c9ccccc9)c7n(c4c3)c56)c3cccc4c5ccc(N(c6ccccc6)c6cccc7c6oc6c([Si](C)(C)C)cccc67)cc5n8c43)cccc12. The highest BCUT2D eigenvalue weighted by atomic mass is 28.3. The van der Waals surface area contributed by atoms with E-state index in [0.717, 1.165) is 106 Å². The first-order valence-corrected chi connectivity index (χ1v) is 34.3. The Morgan fingerprint density at radius 3 is 1.16 bits per heavy atom. The van der Waals surface area contributed by atoms with Gasteiger partial charge in [0.2, 0.25) is 0 Å². The summed E-state index contributed by atoms with van der Waals surface area (Å²) in [5.74, 6) is 0. The Balaban J connectivity index is 0.941. The molecule has 0 aliphatic rings. The van der Waals surface area contributed by atoms with Crippen molar-refractivity contribution in [3.05, 3.63) is 272 Å². The Kier molecular flexibility index (Phi) is 10.4. The lowest BCUT2D eigenvalue weighted by Crippen LogP contribution is -2.37. The third-order valence-corrected chi connectivity index (χ3v) is 21.2. The molecule has 0 aliphatic heterocycles. The highest BCUT2D eigenvalue weighted by molar-refractivity contribution is 6.90. The largest absolute Gasteiger partial charge is 0.454 e. The van der Waals surface area contributed by atoms with E-state index >= 15 is 0 Å². The quantitative estimate of drug-likeness (QED) is 0.135. The van der Waals surface area contributed by atoms with Crippen molar-refractivity contribution in [2.75, 3.05) is 9.80 Å². The van der Waals surface area contributed by atoms with Crippen LogP contribution < -0.4 is 15.0 Å². The number of para-hydroxylation sites is 8. The van der Waals surface area contributed by atoms with Crippen molar-refractivity contribution in [2.45, 2.75) is 26.6 Å². The summed E-state index contributed by atoms with van der Waals surface area (Å²) in [6.45, 7) is 9.34. The van der Waals surface area contributed by atoms with Gasteiger partial charge in [0.25, 0.3) is 0 Å². The fourth-order valence-corrected chi connectivity index (χ4v) is 16.9. The highest BCUT2D eigenvalue weighted by Gasteiger charge is 2.32. The van der Waals surface area contributed by atoms with Crippen LogP contribution in [-0.4, -0.2) is 16.9 Å². The van der Waals surface area contributed by atoms with Gasteiger partial charge >= 0.3 is 0 Å². The van der Waals surface area contributed by atoms with Crippen LogP contribution in [0.4, 0.5) is 34.1 Å². The predicted octanol–water partition coefficient (Wildman–Crippen LogP) is 22.9. The first kappa shape index (κ1) is 50.1. The van der Waals surface area contributed by atoms with E-state index in [-0.39, 0.29) is 0 Å². The molecule has 19 rings (SSSR count). The molecule has 0 saturated carbocycles. The molecule has 7 heteroatoms. The molecule has 6 nitrogen and oxygen atoms in total. The number of hydrogen-bond acceptors (Lipinski definition) is 4. The van der Waals surface area contributed by atoms with E-state index in [2.05, 4.69) is 312 Å². The van der Waals surface area contributed by atoms with E-state index in [1.807, 2.05) is 0 Å². The van der Waals surface area contributed by atoms with E-state index in [0.29, 0.717) is 0 Å². The number of aromatic nitrogens is 2. The van der Waals surface area contributed by atoms with Crippen LogP contribution in [0.15, 0.2) is 276 Å². The summed E-state index contributed by atoms with van der Waals surface area (Å²) in [6, 6.07) is 98.3. The third kappa shape index (κ3) is 6.96. The smallest absolute Gasteiger partial charge is 0.159 e. The van der Waals surface area contributed by atoms with Gasteiger partial charge in [0.15, 0.2) is 11.2 Å². The fourth-order valence-electron chi connectivity index (χ4n) is 15.4. The standard InChI is InChI=1S/C82H56N4O2Si/c1-49-23-17-34-60-61-35-20-40-66(80(61)87-79(49)60)83(52-28-13-7-14-29-52)54-43-45-56-58-32-18-38-64-73-72(51-26-11-6-12-27-51)78-74(71(50-24-9-5-10-25-50)77(73)85(75(58)64)68(56)47-54)65-39-19-33-59-57-46-44-55(48-69(57)86(78)76(59)65)84(53-30-15-8-16-31-53)67-41-21-36-62-63-37-22-42-70(89(2,3)4)82(63)88-81(62)67/h5-48H,1-4H3. The second kappa shape index (κ2) is 18.5. The molecule has 13 aromatic carbocycles. The Bertz CT molecular complexity index is 6090. The van der Waals surface area contributed by atoms with Crippen molar-refractivity contribution in [2.24, 2.45) is 0 Å². The van der Waals surface area contributed by atoms with Crippen molar-refractivity contribution in [3.8, 4) is 22.3 Å². The summed E-state index contributed by atoms with van der Waals surface area (Å²) < 4.78 is 19.4. The van der Waals surface area contributed by atoms with Gasteiger partial charge in [0, 0.05) is 98.5 Å². The van der Waals surface area contributed by atoms with Gasteiger partial charge in [-0.25, -0.2) is 0 Å². The molecular weight excluding hydrogens is 1100 g/mol. The predicted molar refractivity (Wildman–Crippen MR) is 378 cm³/mol. The van der Waals surface area contributed by atoms with Gasteiger partial charge in [0.1, 0.15) is 11.2 Å². The van der Waals surface area contributed by atoms with Crippen LogP contribution in [0.2, 0.25) is 19.6 Å². The molecule has 6 heterocycles. The summed E-state index contributed by atoms with van der Waals surface area (Å²) in [7, 11) is -1.78. The highest BCUT2D eigenvalue weighted by Crippen LogP contribution is 2.55. The summed E-state index contributed by atoms with van der Waals surface area (Å²) in [5, 5.41) is 15.5.